The monoisotopic (exact) mass is 258 g/mol. The first-order chi connectivity index (χ1) is 9.31. The van der Waals surface area contributed by atoms with Crippen LogP contribution in [0.25, 0.3) is 0 Å². The Kier molecular flexibility index (Phi) is 3.14. The Morgan fingerprint density at radius 2 is 2.37 bits per heavy atom. The minimum Gasteiger partial charge on any atom is -0.488 e. The first kappa shape index (κ1) is 11.7. The Morgan fingerprint density at radius 3 is 3.16 bits per heavy atom. The fourth-order valence-corrected chi connectivity index (χ4v) is 2.11. The molecule has 1 atom stereocenters. The van der Waals surface area contributed by atoms with E-state index in [-0.39, 0.29) is 18.6 Å². The molecule has 1 amide bonds. The molecular weight excluding hydrogens is 244 g/mol. The van der Waals surface area contributed by atoms with E-state index in [2.05, 4.69) is 15.4 Å². The van der Waals surface area contributed by atoms with Crippen LogP contribution in [0.5, 0.6) is 5.75 Å². The number of para-hydroxylation sites is 1. The number of hydrogen-bond donors (Lipinski definition) is 1. The summed E-state index contributed by atoms with van der Waals surface area (Å²) < 4.78 is 7.23. The number of hydrogen-bond acceptors (Lipinski definition) is 4. The van der Waals surface area contributed by atoms with Crippen molar-refractivity contribution in [2.24, 2.45) is 0 Å². The fraction of sp³-hybridized carbons (Fsp3) is 0.308. The van der Waals surface area contributed by atoms with Gasteiger partial charge in [-0.1, -0.05) is 18.2 Å². The van der Waals surface area contributed by atoms with Gasteiger partial charge in [-0.25, -0.2) is 9.67 Å². The van der Waals surface area contributed by atoms with Gasteiger partial charge in [0.25, 0.3) is 0 Å². The lowest BCUT2D eigenvalue weighted by Crippen LogP contribution is -2.36. The summed E-state index contributed by atoms with van der Waals surface area (Å²) in [5.74, 6) is 0.822. The van der Waals surface area contributed by atoms with Crippen molar-refractivity contribution < 1.29 is 9.53 Å². The molecule has 1 aliphatic heterocycles. The highest BCUT2D eigenvalue weighted by Gasteiger charge is 2.22. The molecule has 2 aromatic rings. The second-order valence-corrected chi connectivity index (χ2v) is 4.45. The van der Waals surface area contributed by atoms with Crippen molar-refractivity contribution in [1.29, 1.82) is 0 Å². The number of nitrogens with one attached hydrogen (secondary N) is 1. The second-order valence-electron chi connectivity index (χ2n) is 4.45. The molecule has 1 aromatic heterocycles. The van der Waals surface area contributed by atoms with Crippen LogP contribution < -0.4 is 10.1 Å². The molecule has 19 heavy (non-hydrogen) atoms. The molecule has 0 unspecified atom stereocenters. The second kappa shape index (κ2) is 5.09. The van der Waals surface area contributed by atoms with Gasteiger partial charge in [-0.05, 0) is 11.6 Å². The third-order valence-corrected chi connectivity index (χ3v) is 3.01. The highest BCUT2D eigenvalue weighted by Crippen LogP contribution is 2.27. The van der Waals surface area contributed by atoms with Crippen LogP contribution in [-0.2, 0) is 17.8 Å². The summed E-state index contributed by atoms with van der Waals surface area (Å²) in [6, 6.07) is 7.94. The molecule has 1 N–H and O–H groups in total. The van der Waals surface area contributed by atoms with E-state index in [0.29, 0.717) is 6.54 Å². The summed E-state index contributed by atoms with van der Waals surface area (Å²) in [6.07, 6.45) is 3.77. The number of nitrogens with zero attached hydrogens (tertiary/aromatic N) is 3. The minimum atomic E-state index is -0.0925. The normalized spacial score (nSPS) is 16.7. The highest BCUT2D eigenvalue weighted by molar-refractivity contribution is 5.75. The maximum Gasteiger partial charge on any atom is 0.241 e. The Hall–Kier alpha value is -2.37. The number of aromatic nitrogens is 3. The van der Waals surface area contributed by atoms with Gasteiger partial charge in [-0.15, -0.1) is 0 Å². The van der Waals surface area contributed by atoms with Crippen molar-refractivity contribution in [3.05, 3.63) is 42.5 Å². The van der Waals surface area contributed by atoms with Crippen molar-refractivity contribution in [3.63, 3.8) is 0 Å². The molecule has 0 spiro atoms. The van der Waals surface area contributed by atoms with Crippen LogP contribution in [0.1, 0.15) is 5.56 Å². The van der Waals surface area contributed by atoms with Gasteiger partial charge in [0.2, 0.25) is 5.91 Å². The van der Waals surface area contributed by atoms with E-state index in [4.69, 9.17) is 4.74 Å². The Labute approximate surface area is 110 Å². The zero-order valence-corrected chi connectivity index (χ0v) is 10.3. The van der Waals surface area contributed by atoms with Gasteiger partial charge in [0, 0.05) is 6.42 Å². The maximum atomic E-state index is 11.7. The van der Waals surface area contributed by atoms with Crippen LogP contribution in [0.2, 0.25) is 0 Å². The van der Waals surface area contributed by atoms with Gasteiger partial charge in [-0.2, -0.15) is 5.10 Å². The standard InChI is InChI=1S/C13H14N4O2/c18-13(7-17-9-14-8-16-17)15-6-11-5-10-3-1-2-4-12(10)19-11/h1-4,8-9,11H,5-7H2,(H,15,18)/t11-/m0/s1. The van der Waals surface area contributed by atoms with Crippen LogP contribution in [0.15, 0.2) is 36.9 Å². The Morgan fingerprint density at radius 1 is 1.47 bits per heavy atom. The number of ether oxygens (including phenoxy) is 1. The van der Waals surface area contributed by atoms with Gasteiger partial charge in [-0.3, -0.25) is 4.79 Å². The van der Waals surface area contributed by atoms with E-state index >= 15 is 0 Å². The van der Waals surface area contributed by atoms with E-state index < -0.39 is 0 Å². The molecule has 3 rings (SSSR count). The van der Waals surface area contributed by atoms with Crippen molar-refractivity contribution in [1.82, 2.24) is 20.1 Å². The largest absolute Gasteiger partial charge is 0.488 e. The molecule has 0 bridgehead atoms. The van der Waals surface area contributed by atoms with Crippen LogP contribution in [0.4, 0.5) is 0 Å². The summed E-state index contributed by atoms with van der Waals surface area (Å²) in [7, 11) is 0. The predicted octanol–water partition coefficient (Wildman–Crippen LogP) is 0.398. The van der Waals surface area contributed by atoms with Gasteiger partial charge in [0.05, 0.1) is 6.54 Å². The molecule has 0 radical (unpaired) electrons. The lowest BCUT2D eigenvalue weighted by molar-refractivity contribution is -0.122. The number of benzene rings is 1. The molecule has 2 heterocycles. The third-order valence-electron chi connectivity index (χ3n) is 3.01. The summed E-state index contributed by atoms with van der Waals surface area (Å²) >= 11 is 0. The number of amides is 1. The van der Waals surface area contributed by atoms with Gasteiger partial charge >= 0.3 is 0 Å². The van der Waals surface area contributed by atoms with Crippen molar-refractivity contribution in [2.75, 3.05) is 6.54 Å². The quantitative estimate of drug-likeness (QED) is 0.861. The zero-order chi connectivity index (χ0) is 13.1. The molecule has 1 aliphatic rings. The van der Waals surface area contributed by atoms with E-state index in [1.54, 1.807) is 0 Å². The van der Waals surface area contributed by atoms with Crippen molar-refractivity contribution in [2.45, 2.75) is 19.1 Å². The van der Waals surface area contributed by atoms with Gasteiger partial charge < -0.3 is 10.1 Å². The summed E-state index contributed by atoms with van der Waals surface area (Å²) in [6.45, 7) is 0.682. The lowest BCUT2D eigenvalue weighted by atomic mass is 10.1. The zero-order valence-electron chi connectivity index (χ0n) is 10.3. The van der Waals surface area contributed by atoms with E-state index in [1.165, 1.54) is 22.9 Å². The predicted molar refractivity (Wildman–Crippen MR) is 67.6 cm³/mol. The van der Waals surface area contributed by atoms with Gasteiger partial charge in [0.1, 0.15) is 31.1 Å². The smallest absolute Gasteiger partial charge is 0.241 e. The van der Waals surface area contributed by atoms with E-state index in [9.17, 15) is 4.79 Å². The molecular formula is C13H14N4O2. The summed E-state index contributed by atoms with van der Waals surface area (Å²) in [4.78, 5) is 15.5. The molecule has 6 heteroatoms. The molecule has 0 aliphatic carbocycles. The topological polar surface area (TPSA) is 69.0 Å². The number of rotatable bonds is 4. The lowest BCUT2D eigenvalue weighted by Gasteiger charge is -2.11. The first-order valence-electron chi connectivity index (χ1n) is 6.15. The molecule has 0 fully saturated rings. The SMILES string of the molecule is O=C(Cn1cncn1)NC[C@@H]1Cc2ccccc2O1. The van der Waals surface area contributed by atoms with Gasteiger partial charge in [0.15, 0.2) is 0 Å². The minimum absolute atomic E-state index is 0.0112. The maximum absolute atomic E-state index is 11.7. The van der Waals surface area contributed by atoms with Crippen LogP contribution in [-0.4, -0.2) is 33.3 Å². The van der Waals surface area contributed by atoms with Crippen LogP contribution in [0, 0.1) is 0 Å². The van der Waals surface area contributed by atoms with E-state index in [1.807, 2.05) is 24.3 Å². The number of carbonyl (C=O) groups is 1. The summed E-state index contributed by atoms with van der Waals surface area (Å²) in [5.41, 5.74) is 1.19. The Balaban J connectivity index is 1.48. The van der Waals surface area contributed by atoms with Crippen LogP contribution in [0.3, 0.4) is 0 Å². The Bertz CT molecular complexity index is 543. The summed E-state index contributed by atoms with van der Waals surface area (Å²) in [5, 5.41) is 6.73. The number of fused-ring (bicyclic) bond motifs is 1. The fourth-order valence-electron chi connectivity index (χ4n) is 2.11. The molecule has 0 saturated carbocycles. The van der Waals surface area contributed by atoms with E-state index in [0.717, 1.165) is 12.2 Å². The molecule has 0 saturated heterocycles. The average molecular weight is 258 g/mol. The number of carbonyl (C=O) groups excluding carboxylic acids is 1. The molecule has 6 nitrogen and oxygen atoms in total. The highest BCUT2D eigenvalue weighted by atomic mass is 16.5. The van der Waals surface area contributed by atoms with Crippen LogP contribution >= 0.6 is 0 Å². The third kappa shape index (κ3) is 2.73. The first-order valence-corrected chi connectivity index (χ1v) is 6.15. The van der Waals surface area contributed by atoms with Crippen molar-refractivity contribution >= 4 is 5.91 Å². The molecule has 1 aromatic carbocycles. The van der Waals surface area contributed by atoms with Crippen molar-refractivity contribution in [3.8, 4) is 5.75 Å². The molecule has 98 valence electrons. The average Bonchev–Trinajstić information content (AvgIpc) is 3.04.